The summed E-state index contributed by atoms with van der Waals surface area (Å²) in [6.45, 7) is 2.49. The van der Waals surface area contributed by atoms with E-state index >= 15 is 0 Å². The van der Waals surface area contributed by atoms with Crippen LogP contribution in [0.3, 0.4) is 0 Å². The van der Waals surface area contributed by atoms with Crippen LogP contribution in [0.1, 0.15) is 30.5 Å². The van der Waals surface area contributed by atoms with Crippen molar-refractivity contribution in [2.75, 3.05) is 7.05 Å². The van der Waals surface area contributed by atoms with E-state index in [2.05, 4.69) is 12.2 Å². The number of hydrogen-bond donors (Lipinski definition) is 1. The first-order valence-electron chi connectivity index (χ1n) is 6.81. The summed E-state index contributed by atoms with van der Waals surface area (Å²) in [6, 6.07) is 7.06. The Hall–Kier alpha value is -1.85. The monoisotopic (exact) mass is 307 g/mol. The van der Waals surface area contributed by atoms with Crippen molar-refractivity contribution in [2.24, 2.45) is 0 Å². The van der Waals surface area contributed by atoms with Crippen LogP contribution >= 0.6 is 11.6 Å². The molecule has 0 amide bonds. The molecule has 21 heavy (non-hydrogen) atoms. The molecule has 0 fully saturated rings. The molecule has 0 spiro atoms. The highest BCUT2D eigenvalue weighted by atomic mass is 35.5. The van der Waals surface area contributed by atoms with Gasteiger partial charge in [-0.15, -0.1) is 0 Å². The topological polar surface area (TPSA) is 60.1 Å². The van der Waals surface area contributed by atoms with Crippen molar-refractivity contribution < 1.29 is 4.92 Å². The smallest absolute Gasteiger partial charge is 0.275 e. The number of nitrogens with zero attached hydrogens (tertiary/aromatic N) is 2. The maximum absolute atomic E-state index is 11.1. The predicted octanol–water partition coefficient (Wildman–Crippen LogP) is 3.77. The molecule has 0 bridgehead atoms. The van der Waals surface area contributed by atoms with E-state index in [0.717, 1.165) is 12.0 Å². The van der Waals surface area contributed by atoms with Crippen molar-refractivity contribution in [2.45, 2.75) is 25.9 Å². The number of benzene rings is 1. The van der Waals surface area contributed by atoms with Gasteiger partial charge in [0.1, 0.15) is 0 Å². The standard InChI is InChI=1S/C15H18ClN3O2/c1-3-14(17-2)11-7-8-18(9-11)10-12-13(16)5-4-6-15(12)19(20)21/h4-9,14,17H,3,10H2,1-2H3. The highest BCUT2D eigenvalue weighted by Gasteiger charge is 2.17. The second kappa shape index (κ2) is 6.74. The number of nitro groups is 1. The van der Waals surface area contributed by atoms with Gasteiger partial charge in [-0.3, -0.25) is 10.1 Å². The van der Waals surface area contributed by atoms with Crippen LogP contribution in [0, 0.1) is 10.1 Å². The molecule has 0 radical (unpaired) electrons. The van der Waals surface area contributed by atoms with E-state index in [-0.39, 0.29) is 11.7 Å². The van der Waals surface area contributed by atoms with E-state index in [4.69, 9.17) is 11.6 Å². The van der Waals surface area contributed by atoms with Crippen LogP contribution in [0.15, 0.2) is 36.7 Å². The Kier molecular flexibility index (Phi) is 4.98. The highest BCUT2D eigenvalue weighted by Crippen LogP contribution is 2.27. The molecular weight excluding hydrogens is 290 g/mol. The fourth-order valence-corrected chi connectivity index (χ4v) is 2.66. The molecule has 0 aliphatic carbocycles. The van der Waals surface area contributed by atoms with E-state index in [1.165, 1.54) is 6.07 Å². The molecule has 0 aliphatic heterocycles. The normalized spacial score (nSPS) is 12.3. The minimum Gasteiger partial charge on any atom is -0.349 e. The van der Waals surface area contributed by atoms with Crippen molar-refractivity contribution in [1.82, 2.24) is 9.88 Å². The lowest BCUT2D eigenvalue weighted by Crippen LogP contribution is -2.14. The molecule has 1 atom stereocenters. The van der Waals surface area contributed by atoms with Crippen LogP contribution in [0.25, 0.3) is 0 Å². The number of hydrogen-bond acceptors (Lipinski definition) is 3. The molecule has 0 saturated heterocycles. The third-order valence-corrected chi connectivity index (χ3v) is 3.92. The Balaban J connectivity index is 2.29. The van der Waals surface area contributed by atoms with Crippen LogP contribution in [-0.4, -0.2) is 16.5 Å². The highest BCUT2D eigenvalue weighted by molar-refractivity contribution is 6.31. The van der Waals surface area contributed by atoms with Crippen molar-refractivity contribution in [3.05, 3.63) is 62.9 Å². The number of aromatic nitrogens is 1. The van der Waals surface area contributed by atoms with Gasteiger partial charge in [-0.1, -0.05) is 24.6 Å². The molecule has 112 valence electrons. The molecule has 1 heterocycles. The van der Waals surface area contributed by atoms with Crippen molar-refractivity contribution in [3.8, 4) is 0 Å². The van der Waals surface area contributed by atoms with E-state index in [1.807, 2.05) is 30.1 Å². The molecule has 6 heteroatoms. The SMILES string of the molecule is CCC(NC)c1ccn(Cc2c(Cl)cccc2[N+](=O)[O-])c1. The Morgan fingerprint density at radius 2 is 2.19 bits per heavy atom. The maximum Gasteiger partial charge on any atom is 0.275 e. The third kappa shape index (κ3) is 3.43. The lowest BCUT2D eigenvalue weighted by atomic mass is 10.1. The van der Waals surface area contributed by atoms with E-state index in [9.17, 15) is 10.1 Å². The minimum absolute atomic E-state index is 0.0541. The lowest BCUT2D eigenvalue weighted by molar-refractivity contribution is -0.385. The number of nitrogens with one attached hydrogen (secondary N) is 1. The van der Waals surface area contributed by atoms with Crippen molar-refractivity contribution in [3.63, 3.8) is 0 Å². The molecule has 1 unspecified atom stereocenters. The van der Waals surface area contributed by atoms with E-state index in [1.54, 1.807) is 12.1 Å². The van der Waals surface area contributed by atoms with Gasteiger partial charge in [0.05, 0.1) is 22.1 Å². The first kappa shape index (κ1) is 15.5. The first-order chi connectivity index (χ1) is 10.1. The van der Waals surface area contributed by atoms with Gasteiger partial charge in [-0.05, 0) is 31.2 Å². The minimum atomic E-state index is -0.395. The van der Waals surface area contributed by atoms with Gasteiger partial charge in [-0.25, -0.2) is 0 Å². The second-order valence-corrected chi connectivity index (χ2v) is 5.27. The zero-order valence-corrected chi connectivity index (χ0v) is 12.8. The summed E-state index contributed by atoms with van der Waals surface area (Å²) < 4.78 is 1.92. The molecule has 0 saturated carbocycles. The number of rotatable bonds is 6. The largest absolute Gasteiger partial charge is 0.349 e. The summed E-state index contributed by atoms with van der Waals surface area (Å²) in [4.78, 5) is 10.7. The molecular formula is C15H18ClN3O2. The van der Waals surface area contributed by atoms with Gasteiger partial charge in [0.25, 0.3) is 5.69 Å². The second-order valence-electron chi connectivity index (χ2n) is 4.86. The van der Waals surface area contributed by atoms with Crippen LogP contribution in [0.2, 0.25) is 5.02 Å². The molecule has 0 aliphatic rings. The number of nitro benzene ring substituents is 1. The molecule has 2 aromatic rings. The van der Waals surface area contributed by atoms with Gasteiger partial charge in [0.2, 0.25) is 0 Å². The average molecular weight is 308 g/mol. The van der Waals surface area contributed by atoms with Gasteiger partial charge >= 0.3 is 0 Å². The summed E-state index contributed by atoms with van der Waals surface area (Å²) in [5.41, 5.74) is 1.75. The van der Waals surface area contributed by atoms with Crippen LogP contribution in [0.4, 0.5) is 5.69 Å². The fourth-order valence-electron chi connectivity index (χ4n) is 2.43. The molecule has 1 N–H and O–H groups in total. The van der Waals surface area contributed by atoms with Crippen LogP contribution in [-0.2, 0) is 6.54 Å². The molecule has 5 nitrogen and oxygen atoms in total. The van der Waals surface area contributed by atoms with E-state index in [0.29, 0.717) is 17.1 Å². The predicted molar refractivity (Wildman–Crippen MR) is 83.7 cm³/mol. The Morgan fingerprint density at radius 1 is 1.43 bits per heavy atom. The molecule has 2 rings (SSSR count). The summed E-state index contributed by atoms with van der Waals surface area (Å²) in [6.07, 6.45) is 4.90. The van der Waals surface area contributed by atoms with Gasteiger partial charge in [0, 0.05) is 24.5 Å². The summed E-state index contributed by atoms with van der Waals surface area (Å²) in [5, 5.41) is 14.8. The quantitative estimate of drug-likeness (QED) is 0.653. The first-order valence-corrected chi connectivity index (χ1v) is 7.19. The lowest BCUT2D eigenvalue weighted by Gasteiger charge is -2.11. The molecule has 1 aromatic heterocycles. The maximum atomic E-state index is 11.1. The summed E-state index contributed by atoms with van der Waals surface area (Å²) in [7, 11) is 1.92. The number of halogens is 1. The Labute approximate surface area is 128 Å². The van der Waals surface area contributed by atoms with Crippen molar-refractivity contribution >= 4 is 17.3 Å². The van der Waals surface area contributed by atoms with Gasteiger partial charge < -0.3 is 9.88 Å². The van der Waals surface area contributed by atoms with E-state index < -0.39 is 4.92 Å². The van der Waals surface area contributed by atoms with Crippen molar-refractivity contribution in [1.29, 1.82) is 0 Å². The Bertz CT molecular complexity index is 636. The zero-order chi connectivity index (χ0) is 15.4. The third-order valence-electron chi connectivity index (χ3n) is 3.56. The zero-order valence-electron chi connectivity index (χ0n) is 12.0. The summed E-state index contributed by atoms with van der Waals surface area (Å²) in [5.74, 6) is 0. The molecule has 1 aromatic carbocycles. The van der Waals surface area contributed by atoms with Crippen LogP contribution < -0.4 is 5.32 Å². The van der Waals surface area contributed by atoms with Gasteiger partial charge in [-0.2, -0.15) is 0 Å². The van der Waals surface area contributed by atoms with Gasteiger partial charge in [0.15, 0.2) is 0 Å². The van der Waals surface area contributed by atoms with Crippen LogP contribution in [0.5, 0.6) is 0 Å². The summed E-state index contributed by atoms with van der Waals surface area (Å²) >= 11 is 6.12. The fraction of sp³-hybridized carbons (Fsp3) is 0.333. The average Bonchev–Trinajstić information content (AvgIpc) is 2.91. The Morgan fingerprint density at radius 3 is 2.81 bits per heavy atom.